The molecule has 0 fully saturated rings. The van der Waals surface area contributed by atoms with E-state index < -0.39 is 0 Å². The maximum absolute atomic E-state index is 12.3. The fourth-order valence-corrected chi connectivity index (χ4v) is 3.89. The van der Waals surface area contributed by atoms with Gasteiger partial charge in [0.15, 0.2) is 11.5 Å². The van der Waals surface area contributed by atoms with E-state index in [9.17, 15) is 9.90 Å². The lowest BCUT2D eigenvalue weighted by molar-refractivity contribution is 0.372. The molecule has 3 rings (SSSR count). The van der Waals surface area contributed by atoms with Crippen molar-refractivity contribution in [2.45, 2.75) is 13.8 Å². The van der Waals surface area contributed by atoms with Crippen LogP contribution in [0.1, 0.15) is 10.4 Å². The lowest BCUT2D eigenvalue weighted by Crippen LogP contribution is -2.09. The third kappa shape index (κ3) is 2.38. The van der Waals surface area contributed by atoms with Gasteiger partial charge in [-0.2, -0.15) is 0 Å². The maximum Gasteiger partial charge on any atom is 0.260 e. The monoisotopic (exact) mass is 428 g/mol. The second-order valence-corrected chi connectivity index (χ2v) is 7.25. The number of aromatic amines is 1. The zero-order chi connectivity index (χ0) is 16.0. The number of benzene rings is 1. The molecule has 114 valence electrons. The van der Waals surface area contributed by atoms with Crippen LogP contribution in [0.5, 0.6) is 11.5 Å². The van der Waals surface area contributed by atoms with Crippen LogP contribution >= 0.6 is 33.9 Å². The molecule has 2 heterocycles. The summed E-state index contributed by atoms with van der Waals surface area (Å²) in [6, 6.07) is 3.42. The van der Waals surface area contributed by atoms with Crippen molar-refractivity contribution in [3.05, 3.63) is 36.5 Å². The third-order valence-electron chi connectivity index (χ3n) is 3.56. The molecule has 7 heteroatoms. The van der Waals surface area contributed by atoms with E-state index >= 15 is 0 Å². The summed E-state index contributed by atoms with van der Waals surface area (Å²) in [6.45, 7) is 3.91. The van der Waals surface area contributed by atoms with Crippen LogP contribution in [0.25, 0.3) is 21.6 Å². The first-order chi connectivity index (χ1) is 10.4. The molecule has 5 nitrogen and oxygen atoms in total. The standard InChI is InChI=1S/C15H13IN2O3S/c1-6-7(2)22-15-11(6)14(20)17-13(18-15)8-4-9(16)12(19)10(5-8)21-3/h4-5,19H,1-3H3,(H,17,18,20). The summed E-state index contributed by atoms with van der Waals surface area (Å²) >= 11 is 3.52. The molecule has 0 spiro atoms. The molecular weight excluding hydrogens is 415 g/mol. The topological polar surface area (TPSA) is 75.2 Å². The van der Waals surface area contributed by atoms with E-state index in [4.69, 9.17) is 4.74 Å². The molecule has 2 N–H and O–H groups in total. The summed E-state index contributed by atoms with van der Waals surface area (Å²) in [5.41, 5.74) is 1.52. The normalized spacial score (nSPS) is 11.1. The van der Waals surface area contributed by atoms with Gasteiger partial charge in [0, 0.05) is 10.4 Å². The van der Waals surface area contributed by atoms with Gasteiger partial charge in [-0.1, -0.05) is 0 Å². The van der Waals surface area contributed by atoms with Gasteiger partial charge in [-0.25, -0.2) is 4.98 Å². The predicted octanol–water partition coefficient (Wildman–Crippen LogP) is 3.59. The Morgan fingerprint density at radius 2 is 2.09 bits per heavy atom. The SMILES string of the molecule is COc1cc(-c2nc3sc(C)c(C)c3c(=O)[nH]2)cc(I)c1O. The van der Waals surface area contributed by atoms with Crippen molar-refractivity contribution in [1.29, 1.82) is 0 Å². The van der Waals surface area contributed by atoms with Crippen LogP contribution in [0, 0.1) is 17.4 Å². The second kappa shape index (κ2) is 5.54. The molecule has 0 aliphatic rings. The van der Waals surface area contributed by atoms with E-state index in [2.05, 4.69) is 9.97 Å². The number of nitrogens with one attached hydrogen (secondary N) is 1. The smallest absolute Gasteiger partial charge is 0.260 e. The first-order valence-electron chi connectivity index (χ1n) is 6.49. The second-order valence-electron chi connectivity index (χ2n) is 4.89. The molecule has 0 saturated heterocycles. The van der Waals surface area contributed by atoms with Crippen LogP contribution in [0.3, 0.4) is 0 Å². The van der Waals surface area contributed by atoms with Crippen molar-refractivity contribution in [1.82, 2.24) is 9.97 Å². The fraction of sp³-hybridized carbons (Fsp3) is 0.200. The lowest BCUT2D eigenvalue weighted by Gasteiger charge is -2.08. The van der Waals surface area contributed by atoms with Crippen molar-refractivity contribution in [3.63, 3.8) is 0 Å². The van der Waals surface area contributed by atoms with E-state index in [1.54, 1.807) is 12.1 Å². The van der Waals surface area contributed by atoms with E-state index in [0.717, 1.165) is 15.3 Å². The van der Waals surface area contributed by atoms with E-state index in [-0.39, 0.29) is 11.3 Å². The van der Waals surface area contributed by atoms with Crippen LogP contribution in [0.4, 0.5) is 0 Å². The van der Waals surface area contributed by atoms with Crippen LogP contribution < -0.4 is 10.3 Å². The predicted molar refractivity (Wildman–Crippen MR) is 96.1 cm³/mol. The number of aromatic hydroxyl groups is 1. The Morgan fingerprint density at radius 3 is 2.77 bits per heavy atom. The molecule has 0 radical (unpaired) electrons. The minimum atomic E-state index is -0.149. The highest BCUT2D eigenvalue weighted by Gasteiger charge is 2.15. The van der Waals surface area contributed by atoms with Gasteiger partial charge in [0.05, 0.1) is 16.1 Å². The van der Waals surface area contributed by atoms with Crippen molar-refractivity contribution in [2.75, 3.05) is 7.11 Å². The summed E-state index contributed by atoms with van der Waals surface area (Å²) < 4.78 is 5.79. The molecule has 0 unspecified atom stereocenters. The Balaban J connectivity index is 2.27. The number of hydrogen-bond donors (Lipinski definition) is 2. The molecule has 0 amide bonds. The van der Waals surface area contributed by atoms with Crippen LogP contribution in [-0.4, -0.2) is 22.2 Å². The minimum absolute atomic E-state index is 0.0816. The summed E-state index contributed by atoms with van der Waals surface area (Å²) in [7, 11) is 1.49. The summed E-state index contributed by atoms with van der Waals surface area (Å²) in [5, 5.41) is 10.6. The van der Waals surface area contributed by atoms with Gasteiger partial charge in [0.25, 0.3) is 5.56 Å². The van der Waals surface area contributed by atoms with Gasteiger partial charge in [0.2, 0.25) is 0 Å². The first kappa shape index (κ1) is 15.3. The number of aromatic nitrogens is 2. The third-order valence-corrected chi connectivity index (χ3v) is 5.48. The highest BCUT2D eigenvalue weighted by atomic mass is 127. The van der Waals surface area contributed by atoms with E-state index in [0.29, 0.717) is 26.1 Å². The number of thiophene rings is 1. The number of rotatable bonds is 2. The summed E-state index contributed by atoms with van der Waals surface area (Å²) in [6.07, 6.45) is 0. The lowest BCUT2D eigenvalue weighted by atomic mass is 10.1. The van der Waals surface area contributed by atoms with Crippen molar-refractivity contribution < 1.29 is 9.84 Å². The minimum Gasteiger partial charge on any atom is -0.504 e. The molecule has 2 aromatic heterocycles. The Labute approximate surface area is 144 Å². The number of methoxy groups -OCH3 is 1. The van der Waals surface area contributed by atoms with Gasteiger partial charge in [-0.05, 0) is 54.1 Å². The Bertz CT molecular complexity index is 946. The first-order valence-corrected chi connectivity index (χ1v) is 8.38. The fourth-order valence-electron chi connectivity index (χ4n) is 2.26. The van der Waals surface area contributed by atoms with Crippen molar-refractivity contribution in [2.24, 2.45) is 0 Å². The number of H-pyrrole nitrogens is 1. The number of phenols is 1. The number of phenolic OH excluding ortho intramolecular Hbond substituents is 1. The zero-order valence-corrected chi connectivity index (χ0v) is 15.1. The van der Waals surface area contributed by atoms with E-state index in [1.165, 1.54) is 18.4 Å². The molecular formula is C15H13IN2O3S. The molecule has 3 aromatic rings. The largest absolute Gasteiger partial charge is 0.504 e. The summed E-state index contributed by atoms with van der Waals surface area (Å²) in [5.74, 6) is 0.899. The number of hydrogen-bond acceptors (Lipinski definition) is 5. The quantitative estimate of drug-likeness (QED) is 0.612. The highest BCUT2D eigenvalue weighted by Crippen LogP contribution is 2.35. The average molecular weight is 428 g/mol. The van der Waals surface area contributed by atoms with Crippen molar-refractivity contribution >= 4 is 44.1 Å². The molecule has 0 atom stereocenters. The molecule has 1 aromatic carbocycles. The summed E-state index contributed by atoms with van der Waals surface area (Å²) in [4.78, 5) is 21.5. The van der Waals surface area contributed by atoms with Crippen LogP contribution in [-0.2, 0) is 0 Å². The van der Waals surface area contributed by atoms with Gasteiger partial charge in [-0.3, -0.25) is 4.79 Å². The Morgan fingerprint density at radius 1 is 1.36 bits per heavy atom. The highest BCUT2D eigenvalue weighted by molar-refractivity contribution is 14.1. The van der Waals surface area contributed by atoms with Gasteiger partial charge in [-0.15, -0.1) is 11.3 Å². The van der Waals surface area contributed by atoms with Gasteiger partial charge in [0.1, 0.15) is 10.7 Å². The van der Waals surface area contributed by atoms with Gasteiger partial charge >= 0.3 is 0 Å². The number of nitrogens with zero attached hydrogens (tertiary/aromatic N) is 1. The maximum atomic E-state index is 12.3. The zero-order valence-electron chi connectivity index (χ0n) is 12.2. The molecule has 0 saturated carbocycles. The molecule has 22 heavy (non-hydrogen) atoms. The van der Waals surface area contributed by atoms with Crippen LogP contribution in [0.2, 0.25) is 0 Å². The number of fused-ring (bicyclic) bond motifs is 1. The Hall–Kier alpha value is -1.61. The molecule has 0 aliphatic heterocycles. The van der Waals surface area contributed by atoms with E-state index in [1.807, 2.05) is 36.4 Å². The average Bonchev–Trinajstić information content (AvgIpc) is 2.77. The van der Waals surface area contributed by atoms with Crippen molar-refractivity contribution in [3.8, 4) is 22.9 Å². The number of halogens is 1. The van der Waals surface area contributed by atoms with Crippen LogP contribution in [0.15, 0.2) is 16.9 Å². The molecule has 0 bridgehead atoms. The molecule has 0 aliphatic carbocycles. The van der Waals surface area contributed by atoms with Gasteiger partial charge < -0.3 is 14.8 Å². The number of ether oxygens (including phenoxy) is 1. The Kier molecular flexibility index (Phi) is 3.85. The number of aryl methyl sites for hydroxylation is 2.